The standard InChI is InChI=1S/C22H33N5O/c1-21(2)13-19(14-22(3,4)25-21)24-20(28)27-11-9-26(10-12-27)16-18-8-6-5-7-17(18)15-23/h5-8,19,25H,9-14,16H2,1-4H3,(H,24,28). The first-order valence-electron chi connectivity index (χ1n) is 10.2. The summed E-state index contributed by atoms with van der Waals surface area (Å²) in [5, 5.41) is 16.2. The molecule has 0 unspecified atom stereocenters. The molecule has 0 radical (unpaired) electrons. The second-order valence-electron chi connectivity index (χ2n) is 9.48. The van der Waals surface area contributed by atoms with Crippen molar-refractivity contribution in [3.8, 4) is 6.07 Å². The predicted octanol–water partition coefficient (Wildman–Crippen LogP) is 2.69. The molecule has 6 nitrogen and oxygen atoms in total. The number of carbonyl (C=O) groups is 1. The first-order valence-corrected chi connectivity index (χ1v) is 10.2. The zero-order valence-corrected chi connectivity index (χ0v) is 17.6. The van der Waals surface area contributed by atoms with Gasteiger partial charge in [-0.2, -0.15) is 5.26 Å². The van der Waals surface area contributed by atoms with Gasteiger partial charge in [-0.25, -0.2) is 4.79 Å². The van der Waals surface area contributed by atoms with Crippen LogP contribution >= 0.6 is 0 Å². The first kappa shape index (κ1) is 20.6. The topological polar surface area (TPSA) is 71.4 Å². The van der Waals surface area contributed by atoms with Crippen LogP contribution in [-0.2, 0) is 6.54 Å². The van der Waals surface area contributed by atoms with Gasteiger partial charge in [-0.15, -0.1) is 0 Å². The molecule has 0 atom stereocenters. The highest BCUT2D eigenvalue weighted by Gasteiger charge is 2.38. The Morgan fingerprint density at radius 3 is 2.36 bits per heavy atom. The van der Waals surface area contributed by atoms with Crippen molar-refractivity contribution < 1.29 is 4.79 Å². The number of rotatable bonds is 3. The molecule has 0 saturated carbocycles. The van der Waals surface area contributed by atoms with Crippen molar-refractivity contribution in [1.29, 1.82) is 5.26 Å². The number of amides is 2. The third-order valence-electron chi connectivity index (χ3n) is 5.71. The van der Waals surface area contributed by atoms with Crippen molar-refractivity contribution in [3.05, 3.63) is 35.4 Å². The van der Waals surface area contributed by atoms with E-state index in [1.54, 1.807) is 0 Å². The molecule has 0 aromatic heterocycles. The van der Waals surface area contributed by atoms with E-state index in [0.29, 0.717) is 0 Å². The summed E-state index contributed by atoms with van der Waals surface area (Å²) in [5.41, 5.74) is 1.83. The van der Waals surface area contributed by atoms with Gasteiger partial charge in [0.25, 0.3) is 0 Å². The fourth-order valence-corrected chi connectivity index (χ4v) is 4.81. The molecule has 28 heavy (non-hydrogen) atoms. The van der Waals surface area contributed by atoms with E-state index in [4.69, 9.17) is 0 Å². The molecule has 6 heteroatoms. The van der Waals surface area contributed by atoms with Crippen LogP contribution in [0.15, 0.2) is 24.3 Å². The average molecular weight is 384 g/mol. The van der Waals surface area contributed by atoms with E-state index in [-0.39, 0.29) is 23.2 Å². The first-order chi connectivity index (χ1) is 13.2. The highest BCUT2D eigenvalue weighted by atomic mass is 16.2. The van der Waals surface area contributed by atoms with E-state index in [9.17, 15) is 10.1 Å². The number of piperidine rings is 1. The molecule has 2 aliphatic heterocycles. The summed E-state index contributed by atoms with van der Waals surface area (Å²) in [6, 6.07) is 10.3. The summed E-state index contributed by atoms with van der Waals surface area (Å²) in [6.07, 6.45) is 1.88. The molecule has 1 aromatic carbocycles. The molecule has 2 heterocycles. The second kappa shape index (κ2) is 8.10. The van der Waals surface area contributed by atoms with Gasteiger partial charge in [0.05, 0.1) is 11.6 Å². The van der Waals surface area contributed by atoms with Crippen LogP contribution in [0.2, 0.25) is 0 Å². The monoisotopic (exact) mass is 383 g/mol. The Labute approximate surface area is 168 Å². The van der Waals surface area contributed by atoms with Crippen LogP contribution in [0.1, 0.15) is 51.7 Å². The van der Waals surface area contributed by atoms with Crippen LogP contribution in [-0.4, -0.2) is 59.1 Å². The molecule has 2 saturated heterocycles. The van der Waals surface area contributed by atoms with Crippen LogP contribution in [0.3, 0.4) is 0 Å². The highest BCUT2D eigenvalue weighted by molar-refractivity contribution is 5.74. The molecule has 1 aromatic rings. The number of nitrogens with zero attached hydrogens (tertiary/aromatic N) is 3. The quantitative estimate of drug-likeness (QED) is 0.842. The average Bonchev–Trinajstić information content (AvgIpc) is 2.60. The van der Waals surface area contributed by atoms with Crippen molar-refractivity contribution in [2.24, 2.45) is 0 Å². The van der Waals surface area contributed by atoms with Gasteiger partial charge < -0.3 is 15.5 Å². The maximum atomic E-state index is 12.8. The van der Waals surface area contributed by atoms with E-state index < -0.39 is 0 Å². The third kappa shape index (κ3) is 5.24. The number of carbonyl (C=O) groups excluding carboxylic acids is 1. The minimum atomic E-state index is 0.0204. The molecule has 2 amide bonds. The Bertz CT molecular complexity index is 728. The van der Waals surface area contributed by atoms with Gasteiger partial charge in [0.2, 0.25) is 0 Å². The number of nitriles is 1. The fraction of sp³-hybridized carbons (Fsp3) is 0.636. The molecule has 2 fully saturated rings. The van der Waals surface area contributed by atoms with Crippen molar-refractivity contribution in [1.82, 2.24) is 20.4 Å². The Hall–Kier alpha value is -2.10. The molecule has 2 N–H and O–H groups in total. The van der Waals surface area contributed by atoms with Crippen LogP contribution in [0, 0.1) is 11.3 Å². The van der Waals surface area contributed by atoms with E-state index in [1.807, 2.05) is 29.2 Å². The maximum absolute atomic E-state index is 12.8. The number of hydrogen-bond acceptors (Lipinski definition) is 4. The Kier molecular flexibility index (Phi) is 5.97. The molecular weight excluding hydrogens is 350 g/mol. The van der Waals surface area contributed by atoms with Crippen molar-refractivity contribution in [2.45, 2.75) is 64.2 Å². The van der Waals surface area contributed by atoms with Crippen molar-refractivity contribution >= 4 is 6.03 Å². The van der Waals surface area contributed by atoms with E-state index in [1.165, 1.54) is 0 Å². The van der Waals surface area contributed by atoms with Crippen molar-refractivity contribution in [3.63, 3.8) is 0 Å². The lowest BCUT2D eigenvalue weighted by Gasteiger charge is -2.47. The lowest BCUT2D eigenvalue weighted by Crippen LogP contribution is -2.63. The number of nitrogens with one attached hydrogen (secondary N) is 2. The molecule has 152 valence electrons. The molecule has 0 spiro atoms. The summed E-state index contributed by atoms with van der Waals surface area (Å²) >= 11 is 0. The smallest absolute Gasteiger partial charge is 0.317 e. The molecule has 2 aliphatic rings. The SMILES string of the molecule is CC1(C)CC(NC(=O)N2CCN(Cc3ccccc3C#N)CC2)CC(C)(C)N1. The summed E-state index contributed by atoms with van der Waals surface area (Å²) in [5.74, 6) is 0. The summed E-state index contributed by atoms with van der Waals surface area (Å²) in [6.45, 7) is 12.7. The van der Waals surface area contributed by atoms with E-state index >= 15 is 0 Å². The number of piperazine rings is 1. The summed E-state index contributed by atoms with van der Waals surface area (Å²) < 4.78 is 0. The van der Waals surface area contributed by atoms with Crippen LogP contribution < -0.4 is 10.6 Å². The third-order valence-corrected chi connectivity index (χ3v) is 5.71. The van der Waals surface area contributed by atoms with Crippen LogP contribution in [0.5, 0.6) is 0 Å². The molecular formula is C22H33N5O. The normalized spacial score (nSPS) is 22.5. The Morgan fingerprint density at radius 1 is 1.14 bits per heavy atom. The lowest BCUT2D eigenvalue weighted by atomic mass is 9.80. The number of urea groups is 1. The minimum absolute atomic E-state index is 0.0204. The van der Waals surface area contributed by atoms with E-state index in [2.05, 4.69) is 49.3 Å². The zero-order chi connectivity index (χ0) is 20.4. The largest absolute Gasteiger partial charge is 0.335 e. The maximum Gasteiger partial charge on any atom is 0.317 e. The van der Waals surface area contributed by atoms with Gasteiger partial charge in [0.15, 0.2) is 0 Å². The fourth-order valence-electron chi connectivity index (χ4n) is 4.81. The predicted molar refractivity (Wildman–Crippen MR) is 111 cm³/mol. The lowest BCUT2D eigenvalue weighted by molar-refractivity contribution is 0.118. The van der Waals surface area contributed by atoms with Gasteiger partial charge in [-0.05, 0) is 52.2 Å². The zero-order valence-electron chi connectivity index (χ0n) is 17.6. The highest BCUT2D eigenvalue weighted by Crippen LogP contribution is 2.28. The number of hydrogen-bond donors (Lipinski definition) is 2. The second-order valence-corrected chi connectivity index (χ2v) is 9.48. The van der Waals surface area contributed by atoms with Gasteiger partial charge >= 0.3 is 6.03 Å². The molecule has 3 rings (SSSR count). The van der Waals surface area contributed by atoms with Gasteiger partial charge in [0.1, 0.15) is 0 Å². The van der Waals surface area contributed by atoms with Gasteiger partial charge in [0, 0.05) is 49.8 Å². The van der Waals surface area contributed by atoms with Gasteiger partial charge in [-0.1, -0.05) is 18.2 Å². The Morgan fingerprint density at radius 2 is 1.75 bits per heavy atom. The summed E-state index contributed by atoms with van der Waals surface area (Å²) in [4.78, 5) is 17.0. The molecule has 0 bridgehead atoms. The van der Waals surface area contributed by atoms with E-state index in [0.717, 1.165) is 56.7 Å². The summed E-state index contributed by atoms with van der Waals surface area (Å²) in [7, 11) is 0. The Balaban J connectivity index is 1.51. The minimum Gasteiger partial charge on any atom is -0.335 e. The van der Waals surface area contributed by atoms with Gasteiger partial charge in [-0.3, -0.25) is 4.90 Å². The number of benzene rings is 1. The van der Waals surface area contributed by atoms with Crippen LogP contribution in [0.4, 0.5) is 4.79 Å². The molecule has 0 aliphatic carbocycles. The van der Waals surface area contributed by atoms with Crippen LogP contribution in [0.25, 0.3) is 0 Å². The van der Waals surface area contributed by atoms with Crippen molar-refractivity contribution in [2.75, 3.05) is 26.2 Å².